The molecule has 0 fully saturated rings. The summed E-state index contributed by atoms with van der Waals surface area (Å²) in [4.78, 5) is 0. The number of hydrogen-bond donors (Lipinski definition) is 1. The SMILES string of the molecule is CC1=NSC(N)C1. The highest BCUT2D eigenvalue weighted by Gasteiger charge is 2.10. The number of hydrogen-bond acceptors (Lipinski definition) is 3. The molecule has 0 aromatic rings. The lowest BCUT2D eigenvalue weighted by Crippen LogP contribution is -2.12. The highest BCUT2D eigenvalue weighted by atomic mass is 32.2. The van der Waals surface area contributed by atoms with Crippen LogP contribution in [0.15, 0.2) is 4.40 Å². The Morgan fingerprint density at radius 1 is 2.00 bits per heavy atom. The van der Waals surface area contributed by atoms with E-state index in [4.69, 9.17) is 5.73 Å². The van der Waals surface area contributed by atoms with Crippen LogP contribution < -0.4 is 5.73 Å². The quantitative estimate of drug-likeness (QED) is 0.475. The van der Waals surface area contributed by atoms with Crippen LogP contribution in [0.3, 0.4) is 0 Å². The van der Waals surface area contributed by atoms with Gasteiger partial charge in [0.25, 0.3) is 0 Å². The summed E-state index contributed by atoms with van der Waals surface area (Å²) in [6.07, 6.45) is 0.963. The lowest BCUT2D eigenvalue weighted by atomic mass is 10.3. The van der Waals surface area contributed by atoms with Crippen LogP contribution in [-0.2, 0) is 0 Å². The Kier molecular flexibility index (Phi) is 1.35. The molecule has 0 saturated heterocycles. The number of nitrogens with zero attached hydrogens (tertiary/aromatic N) is 1. The molecule has 0 aromatic heterocycles. The zero-order valence-corrected chi connectivity index (χ0v) is 5.03. The molecule has 0 aromatic carbocycles. The first-order valence-corrected chi connectivity index (χ1v) is 3.07. The average Bonchev–Trinajstić information content (AvgIpc) is 1.87. The van der Waals surface area contributed by atoms with Crippen molar-refractivity contribution >= 4 is 17.7 Å². The van der Waals surface area contributed by atoms with E-state index in [0.717, 1.165) is 12.1 Å². The summed E-state index contributed by atoms with van der Waals surface area (Å²) < 4.78 is 4.03. The first-order valence-electron chi connectivity index (χ1n) is 2.24. The Bertz CT molecular complexity index is 99.9. The zero-order valence-electron chi connectivity index (χ0n) is 4.22. The Labute approximate surface area is 47.3 Å². The van der Waals surface area contributed by atoms with Gasteiger partial charge < -0.3 is 5.73 Å². The van der Waals surface area contributed by atoms with E-state index in [0.29, 0.717) is 0 Å². The molecular formula is C4H8N2S. The van der Waals surface area contributed by atoms with Gasteiger partial charge in [-0.05, 0) is 18.9 Å². The van der Waals surface area contributed by atoms with E-state index >= 15 is 0 Å². The van der Waals surface area contributed by atoms with Crippen LogP contribution in [0, 0.1) is 0 Å². The molecule has 0 saturated carbocycles. The molecule has 3 heteroatoms. The Hall–Kier alpha value is -0.0200. The van der Waals surface area contributed by atoms with Gasteiger partial charge in [0, 0.05) is 12.1 Å². The molecule has 0 aliphatic carbocycles. The van der Waals surface area contributed by atoms with Gasteiger partial charge in [0.1, 0.15) is 0 Å². The van der Waals surface area contributed by atoms with E-state index < -0.39 is 0 Å². The van der Waals surface area contributed by atoms with Crippen molar-refractivity contribution < 1.29 is 0 Å². The van der Waals surface area contributed by atoms with Gasteiger partial charge in [-0.25, -0.2) is 4.40 Å². The molecule has 0 amide bonds. The minimum absolute atomic E-state index is 0.236. The summed E-state index contributed by atoms with van der Waals surface area (Å²) in [5.74, 6) is 0. The average molecular weight is 116 g/mol. The Morgan fingerprint density at radius 2 is 2.71 bits per heavy atom. The maximum absolute atomic E-state index is 5.47. The molecule has 7 heavy (non-hydrogen) atoms. The summed E-state index contributed by atoms with van der Waals surface area (Å²) in [5, 5.41) is 0.236. The van der Waals surface area contributed by atoms with E-state index in [1.54, 1.807) is 0 Å². The zero-order chi connectivity index (χ0) is 5.28. The van der Waals surface area contributed by atoms with Crippen molar-refractivity contribution in [1.29, 1.82) is 0 Å². The summed E-state index contributed by atoms with van der Waals surface area (Å²) in [6.45, 7) is 2.00. The Morgan fingerprint density at radius 3 is 2.86 bits per heavy atom. The van der Waals surface area contributed by atoms with E-state index in [-0.39, 0.29) is 5.37 Å². The predicted octanol–water partition coefficient (Wildman–Crippen LogP) is 0.784. The predicted molar refractivity (Wildman–Crippen MR) is 33.3 cm³/mol. The van der Waals surface area contributed by atoms with Crippen molar-refractivity contribution in [1.82, 2.24) is 0 Å². The smallest absolute Gasteiger partial charge is 0.0781 e. The highest BCUT2D eigenvalue weighted by Crippen LogP contribution is 2.19. The van der Waals surface area contributed by atoms with Crippen LogP contribution >= 0.6 is 11.9 Å². The molecular weight excluding hydrogens is 108 g/mol. The third-order valence-electron chi connectivity index (χ3n) is 0.841. The first-order chi connectivity index (χ1) is 3.29. The molecule has 0 radical (unpaired) electrons. The monoisotopic (exact) mass is 116 g/mol. The van der Waals surface area contributed by atoms with E-state index in [2.05, 4.69) is 4.40 Å². The van der Waals surface area contributed by atoms with Gasteiger partial charge in [0.2, 0.25) is 0 Å². The molecule has 2 N–H and O–H groups in total. The topological polar surface area (TPSA) is 38.4 Å². The summed E-state index contributed by atoms with van der Waals surface area (Å²) in [7, 11) is 0. The van der Waals surface area contributed by atoms with Crippen molar-refractivity contribution in [3.8, 4) is 0 Å². The second-order valence-corrected chi connectivity index (χ2v) is 2.67. The second-order valence-electron chi connectivity index (χ2n) is 1.67. The molecule has 1 aliphatic rings. The van der Waals surface area contributed by atoms with Crippen LogP contribution in [0.2, 0.25) is 0 Å². The molecule has 2 nitrogen and oxygen atoms in total. The van der Waals surface area contributed by atoms with Crippen molar-refractivity contribution in [2.75, 3.05) is 0 Å². The van der Waals surface area contributed by atoms with Crippen LogP contribution in [-0.4, -0.2) is 11.1 Å². The normalized spacial score (nSPS) is 30.6. The minimum Gasteiger partial charge on any atom is -0.318 e. The first kappa shape index (κ1) is 5.12. The molecule has 1 aliphatic heterocycles. The largest absolute Gasteiger partial charge is 0.318 e. The maximum atomic E-state index is 5.47. The molecule has 1 atom stereocenters. The van der Waals surface area contributed by atoms with Gasteiger partial charge in [-0.3, -0.25) is 0 Å². The number of nitrogens with two attached hydrogens (primary N) is 1. The van der Waals surface area contributed by atoms with Gasteiger partial charge >= 0.3 is 0 Å². The van der Waals surface area contributed by atoms with Crippen molar-refractivity contribution in [3.63, 3.8) is 0 Å². The van der Waals surface area contributed by atoms with Gasteiger partial charge in [0.15, 0.2) is 0 Å². The van der Waals surface area contributed by atoms with Crippen LogP contribution in [0.5, 0.6) is 0 Å². The lowest BCUT2D eigenvalue weighted by molar-refractivity contribution is 0.982. The van der Waals surface area contributed by atoms with E-state index in [9.17, 15) is 0 Å². The molecule has 0 bridgehead atoms. The molecule has 0 spiro atoms. The standard InChI is InChI=1S/C4H8N2S/c1-3-2-4(5)7-6-3/h4H,2,5H2,1H3. The van der Waals surface area contributed by atoms with Crippen LogP contribution in [0.25, 0.3) is 0 Å². The molecule has 1 rings (SSSR count). The van der Waals surface area contributed by atoms with Crippen LogP contribution in [0.1, 0.15) is 13.3 Å². The third-order valence-corrected chi connectivity index (χ3v) is 1.70. The van der Waals surface area contributed by atoms with E-state index in [1.807, 2.05) is 6.92 Å². The molecule has 40 valence electrons. The lowest BCUT2D eigenvalue weighted by Gasteiger charge is -1.91. The van der Waals surface area contributed by atoms with Gasteiger partial charge in [0.05, 0.1) is 5.37 Å². The van der Waals surface area contributed by atoms with Gasteiger partial charge in [-0.15, -0.1) is 0 Å². The van der Waals surface area contributed by atoms with Crippen molar-refractivity contribution in [2.45, 2.75) is 18.7 Å². The fraction of sp³-hybridized carbons (Fsp3) is 0.750. The fourth-order valence-corrected chi connectivity index (χ4v) is 1.23. The summed E-state index contributed by atoms with van der Waals surface area (Å²) in [5.41, 5.74) is 6.64. The number of rotatable bonds is 0. The van der Waals surface area contributed by atoms with Crippen molar-refractivity contribution in [2.24, 2.45) is 10.1 Å². The minimum atomic E-state index is 0.236. The maximum Gasteiger partial charge on any atom is 0.0781 e. The third kappa shape index (κ3) is 1.17. The summed E-state index contributed by atoms with van der Waals surface area (Å²) >= 11 is 1.47. The highest BCUT2D eigenvalue weighted by molar-refractivity contribution is 7.99. The van der Waals surface area contributed by atoms with E-state index in [1.165, 1.54) is 11.9 Å². The van der Waals surface area contributed by atoms with Crippen molar-refractivity contribution in [3.05, 3.63) is 0 Å². The summed E-state index contributed by atoms with van der Waals surface area (Å²) in [6, 6.07) is 0. The second kappa shape index (κ2) is 1.84. The molecule has 1 heterocycles. The van der Waals surface area contributed by atoms with Gasteiger partial charge in [-0.2, -0.15) is 0 Å². The van der Waals surface area contributed by atoms with Gasteiger partial charge in [-0.1, -0.05) is 0 Å². The molecule has 1 unspecified atom stereocenters. The Balaban J connectivity index is 2.42. The fourth-order valence-electron chi connectivity index (χ4n) is 0.523. The van der Waals surface area contributed by atoms with Crippen LogP contribution in [0.4, 0.5) is 0 Å².